The van der Waals surface area contributed by atoms with E-state index in [2.05, 4.69) is 4.98 Å². The van der Waals surface area contributed by atoms with Crippen molar-refractivity contribution in [1.29, 1.82) is 0 Å². The van der Waals surface area contributed by atoms with E-state index in [9.17, 15) is 4.79 Å². The molecule has 80 valence electrons. The monoisotopic (exact) mass is 207 g/mol. The third-order valence-corrected chi connectivity index (χ3v) is 2.32. The lowest BCUT2D eigenvalue weighted by molar-refractivity contribution is 0.443. The number of nitrogens with two attached hydrogens (primary N) is 1. The molecule has 0 aliphatic carbocycles. The highest BCUT2D eigenvalue weighted by molar-refractivity contribution is 5.67. The van der Waals surface area contributed by atoms with Gasteiger partial charge in [-0.2, -0.15) is 0 Å². The minimum atomic E-state index is -0.371. The molecule has 0 saturated carbocycles. The van der Waals surface area contributed by atoms with Gasteiger partial charge in [-0.15, -0.1) is 0 Å². The second kappa shape index (κ2) is 3.86. The minimum Gasteiger partial charge on any atom is -0.406 e. The van der Waals surface area contributed by atoms with Crippen LogP contribution in [0.2, 0.25) is 0 Å². The van der Waals surface area contributed by atoms with Crippen LogP contribution in [0.15, 0.2) is 27.5 Å². The van der Waals surface area contributed by atoms with Gasteiger partial charge in [-0.3, -0.25) is 4.57 Å². The van der Waals surface area contributed by atoms with Crippen LogP contribution in [0.3, 0.4) is 0 Å². The number of fused-ring (bicyclic) bond motifs is 1. The van der Waals surface area contributed by atoms with Gasteiger partial charge in [0, 0.05) is 12.7 Å². The zero-order chi connectivity index (χ0) is 10.8. The van der Waals surface area contributed by atoms with Crippen molar-refractivity contribution in [1.82, 2.24) is 9.55 Å². The van der Waals surface area contributed by atoms with Crippen molar-refractivity contribution in [2.45, 2.75) is 13.5 Å². The average molecular weight is 207 g/mol. The van der Waals surface area contributed by atoms with Crippen LogP contribution in [0, 0.1) is 5.92 Å². The number of hydrogen-bond donors (Lipinski definition) is 1. The van der Waals surface area contributed by atoms with Crippen LogP contribution < -0.4 is 11.5 Å². The van der Waals surface area contributed by atoms with Crippen molar-refractivity contribution in [3.8, 4) is 0 Å². The van der Waals surface area contributed by atoms with Gasteiger partial charge >= 0.3 is 5.76 Å². The van der Waals surface area contributed by atoms with Gasteiger partial charge in [-0.05, 0) is 24.6 Å². The molecule has 1 unspecified atom stereocenters. The first kappa shape index (κ1) is 9.92. The molecule has 0 radical (unpaired) electrons. The zero-order valence-electron chi connectivity index (χ0n) is 8.51. The van der Waals surface area contributed by atoms with Crippen molar-refractivity contribution in [2.24, 2.45) is 11.7 Å². The predicted octanol–water partition coefficient (Wildman–Crippen LogP) is 0.584. The Bertz CT molecular complexity index is 515. The molecule has 0 bridgehead atoms. The molecular formula is C10H13N3O2. The maximum absolute atomic E-state index is 11.5. The van der Waals surface area contributed by atoms with Crippen molar-refractivity contribution in [2.75, 3.05) is 6.54 Å². The first-order valence-corrected chi connectivity index (χ1v) is 4.87. The number of aromatic nitrogens is 2. The molecule has 0 aromatic carbocycles. The summed E-state index contributed by atoms with van der Waals surface area (Å²) in [6, 6.07) is 3.47. The highest BCUT2D eigenvalue weighted by Gasteiger charge is 2.11. The first-order chi connectivity index (χ1) is 7.22. The fourth-order valence-electron chi connectivity index (χ4n) is 1.45. The number of rotatable bonds is 3. The van der Waals surface area contributed by atoms with E-state index in [-0.39, 0.29) is 11.7 Å². The van der Waals surface area contributed by atoms with Crippen LogP contribution in [-0.2, 0) is 6.54 Å². The Labute approximate surface area is 86.5 Å². The summed E-state index contributed by atoms with van der Waals surface area (Å²) in [5, 5.41) is 0. The van der Waals surface area contributed by atoms with Crippen LogP contribution >= 0.6 is 0 Å². The van der Waals surface area contributed by atoms with Crippen molar-refractivity contribution < 1.29 is 4.42 Å². The van der Waals surface area contributed by atoms with Crippen LogP contribution in [0.1, 0.15) is 6.92 Å². The van der Waals surface area contributed by atoms with Gasteiger partial charge in [0.25, 0.3) is 0 Å². The highest BCUT2D eigenvalue weighted by atomic mass is 16.4. The van der Waals surface area contributed by atoms with E-state index in [1.165, 1.54) is 4.57 Å². The molecule has 2 rings (SSSR count). The van der Waals surface area contributed by atoms with Crippen LogP contribution in [0.4, 0.5) is 0 Å². The largest absolute Gasteiger partial charge is 0.421 e. The number of pyridine rings is 1. The summed E-state index contributed by atoms with van der Waals surface area (Å²) in [6.07, 6.45) is 1.64. The number of hydrogen-bond acceptors (Lipinski definition) is 4. The lowest BCUT2D eigenvalue weighted by Crippen LogP contribution is -2.23. The number of nitrogens with zero attached hydrogens (tertiary/aromatic N) is 2. The first-order valence-electron chi connectivity index (χ1n) is 4.87. The minimum absolute atomic E-state index is 0.227. The van der Waals surface area contributed by atoms with E-state index in [0.717, 1.165) is 0 Å². The quantitative estimate of drug-likeness (QED) is 0.799. The summed E-state index contributed by atoms with van der Waals surface area (Å²) in [4.78, 5) is 15.6. The van der Waals surface area contributed by atoms with Crippen molar-refractivity contribution in [3.05, 3.63) is 28.9 Å². The lowest BCUT2D eigenvalue weighted by Gasteiger charge is -2.07. The molecule has 2 N–H and O–H groups in total. The van der Waals surface area contributed by atoms with E-state index in [1.54, 1.807) is 18.3 Å². The van der Waals surface area contributed by atoms with Gasteiger partial charge < -0.3 is 10.2 Å². The molecule has 0 amide bonds. The van der Waals surface area contributed by atoms with Gasteiger partial charge in [0.2, 0.25) is 0 Å². The van der Waals surface area contributed by atoms with E-state index in [4.69, 9.17) is 10.2 Å². The molecule has 5 heteroatoms. The molecule has 2 heterocycles. The van der Waals surface area contributed by atoms with Gasteiger partial charge in [0.05, 0.1) is 0 Å². The van der Waals surface area contributed by atoms with Crippen molar-refractivity contribution >= 4 is 11.2 Å². The molecule has 0 fully saturated rings. The van der Waals surface area contributed by atoms with Gasteiger partial charge in [-0.1, -0.05) is 6.92 Å². The summed E-state index contributed by atoms with van der Waals surface area (Å²) in [6.45, 7) is 3.06. The Balaban J connectivity index is 2.50. The van der Waals surface area contributed by atoms with E-state index in [0.29, 0.717) is 24.3 Å². The second-order valence-corrected chi connectivity index (χ2v) is 3.64. The standard InChI is InChI=1S/C10H13N3O2/c1-7(5-11)6-13-9-8(15-10(13)14)3-2-4-12-9/h2-4,7H,5-6,11H2,1H3. The fourth-order valence-corrected chi connectivity index (χ4v) is 1.45. The summed E-state index contributed by atoms with van der Waals surface area (Å²) in [7, 11) is 0. The Kier molecular flexibility index (Phi) is 2.55. The average Bonchev–Trinajstić information content (AvgIpc) is 2.55. The Morgan fingerprint density at radius 1 is 1.67 bits per heavy atom. The predicted molar refractivity (Wildman–Crippen MR) is 56.5 cm³/mol. The Hall–Kier alpha value is -1.62. The van der Waals surface area contributed by atoms with Gasteiger partial charge in [0.1, 0.15) is 0 Å². The molecule has 2 aromatic heterocycles. The summed E-state index contributed by atoms with van der Waals surface area (Å²) in [5.74, 6) is -0.144. The molecular weight excluding hydrogens is 194 g/mol. The molecule has 5 nitrogen and oxygen atoms in total. The molecule has 15 heavy (non-hydrogen) atoms. The van der Waals surface area contributed by atoms with Gasteiger partial charge in [0.15, 0.2) is 11.2 Å². The van der Waals surface area contributed by atoms with E-state index in [1.807, 2.05) is 6.92 Å². The molecule has 2 aromatic rings. The van der Waals surface area contributed by atoms with E-state index >= 15 is 0 Å². The third kappa shape index (κ3) is 1.78. The maximum Gasteiger partial charge on any atom is 0.421 e. The SMILES string of the molecule is CC(CN)Cn1c(=O)oc2cccnc21. The van der Waals surface area contributed by atoms with Gasteiger partial charge in [-0.25, -0.2) is 9.78 Å². The summed E-state index contributed by atoms with van der Waals surface area (Å²) in [5.41, 5.74) is 6.62. The van der Waals surface area contributed by atoms with E-state index < -0.39 is 0 Å². The molecule has 0 aliphatic rings. The topological polar surface area (TPSA) is 74.0 Å². The number of oxazole rings is 1. The summed E-state index contributed by atoms with van der Waals surface area (Å²) >= 11 is 0. The second-order valence-electron chi connectivity index (χ2n) is 3.64. The Morgan fingerprint density at radius 2 is 2.47 bits per heavy atom. The third-order valence-electron chi connectivity index (χ3n) is 2.32. The maximum atomic E-state index is 11.5. The molecule has 0 aliphatic heterocycles. The van der Waals surface area contributed by atoms with Crippen LogP contribution in [0.5, 0.6) is 0 Å². The smallest absolute Gasteiger partial charge is 0.406 e. The summed E-state index contributed by atoms with van der Waals surface area (Å²) < 4.78 is 6.57. The molecule has 1 atom stereocenters. The zero-order valence-corrected chi connectivity index (χ0v) is 8.51. The molecule has 0 spiro atoms. The Morgan fingerprint density at radius 3 is 3.20 bits per heavy atom. The van der Waals surface area contributed by atoms with Crippen molar-refractivity contribution in [3.63, 3.8) is 0 Å². The lowest BCUT2D eigenvalue weighted by atomic mass is 10.2. The normalized spacial score (nSPS) is 13.2. The van der Waals surface area contributed by atoms with Crippen LogP contribution in [0.25, 0.3) is 11.2 Å². The fraction of sp³-hybridized carbons (Fsp3) is 0.400. The van der Waals surface area contributed by atoms with Crippen LogP contribution in [-0.4, -0.2) is 16.1 Å². The highest BCUT2D eigenvalue weighted by Crippen LogP contribution is 2.10. The molecule has 0 saturated heterocycles.